The highest BCUT2D eigenvalue weighted by Crippen LogP contribution is 2.30. The van der Waals surface area contributed by atoms with E-state index < -0.39 is 12.5 Å². The lowest BCUT2D eigenvalue weighted by Crippen LogP contribution is -2.20. The van der Waals surface area contributed by atoms with Gasteiger partial charge in [0.1, 0.15) is 19.8 Å². The van der Waals surface area contributed by atoms with Gasteiger partial charge in [0.05, 0.1) is 6.21 Å². The van der Waals surface area contributed by atoms with Gasteiger partial charge in [0.15, 0.2) is 11.5 Å². The lowest BCUT2D eigenvalue weighted by atomic mass is 10.2. The zero-order valence-corrected chi connectivity index (χ0v) is 9.05. The molecular formula is C11H12N2O4. The number of benzene rings is 1. The van der Waals surface area contributed by atoms with Gasteiger partial charge in [-0.2, -0.15) is 5.10 Å². The van der Waals surface area contributed by atoms with Gasteiger partial charge >= 0.3 is 0 Å². The topological polar surface area (TPSA) is 80.2 Å². The summed E-state index contributed by atoms with van der Waals surface area (Å²) in [6, 6.07) is 5.34. The number of hydrazone groups is 1. The molecule has 0 aromatic heterocycles. The fourth-order valence-corrected chi connectivity index (χ4v) is 1.35. The molecule has 1 aliphatic heterocycles. The third-order valence-corrected chi connectivity index (χ3v) is 2.11. The Morgan fingerprint density at radius 2 is 2.18 bits per heavy atom. The Kier molecular flexibility index (Phi) is 3.56. The molecule has 1 aliphatic rings. The highest BCUT2D eigenvalue weighted by molar-refractivity contribution is 5.83. The van der Waals surface area contributed by atoms with E-state index in [1.165, 1.54) is 6.21 Å². The van der Waals surface area contributed by atoms with E-state index in [1.54, 1.807) is 18.2 Å². The molecular weight excluding hydrogens is 224 g/mol. The average Bonchev–Trinajstić information content (AvgIpc) is 2.38. The molecule has 2 N–H and O–H groups in total. The molecule has 0 bridgehead atoms. The molecule has 1 aromatic carbocycles. The zero-order chi connectivity index (χ0) is 12.1. The van der Waals surface area contributed by atoms with E-state index in [-0.39, 0.29) is 0 Å². The Bertz CT molecular complexity index is 445. The first kappa shape index (κ1) is 11.4. The second kappa shape index (κ2) is 5.31. The van der Waals surface area contributed by atoms with Gasteiger partial charge in [-0.15, -0.1) is 0 Å². The molecule has 0 spiro atoms. The fourth-order valence-electron chi connectivity index (χ4n) is 1.35. The number of aliphatic hydroxyl groups is 1. The third-order valence-electron chi connectivity index (χ3n) is 2.11. The van der Waals surface area contributed by atoms with Crippen LogP contribution in [0.5, 0.6) is 11.5 Å². The molecule has 6 heteroatoms. The van der Waals surface area contributed by atoms with Gasteiger partial charge in [0.25, 0.3) is 5.91 Å². The number of hydrogen-bond acceptors (Lipinski definition) is 5. The smallest absolute Gasteiger partial charge is 0.265 e. The second-order valence-electron chi connectivity index (χ2n) is 3.35. The van der Waals surface area contributed by atoms with Crippen LogP contribution in [0.2, 0.25) is 0 Å². The Labute approximate surface area is 97.8 Å². The van der Waals surface area contributed by atoms with Crippen molar-refractivity contribution in [2.75, 3.05) is 19.8 Å². The normalized spacial score (nSPS) is 13.7. The summed E-state index contributed by atoms with van der Waals surface area (Å²) in [5.74, 6) is 0.806. The number of carbonyl (C=O) groups excluding carboxylic acids is 1. The number of nitrogens with one attached hydrogen (secondary N) is 1. The first-order valence-corrected chi connectivity index (χ1v) is 5.12. The molecule has 0 saturated carbocycles. The van der Waals surface area contributed by atoms with Crippen LogP contribution in [-0.2, 0) is 4.79 Å². The summed E-state index contributed by atoms with van der Waals surface area (Å²) in [5.41, 5.74) is 2.94. The number of hydrogen-bond donors (Lipinski definition) is 2. The summed E-state index contributed by atoms with van der Waals surface area (Å²) in [5, 5.41) is 12.1. The van der Waals surface area contributed by atoms with Crippen LogP contribution in [0.15, 0.2) is 23.3 Å². The van der Waals surface area contributed by atoms with Crippen LogP contribution in [-0.4, -0.2) is 37.0 Å². The fraction of sp³-hybridized carbons (Fsp3) is 0.273. The molecule has 17 heavy (non-hydrogen) atoms. The molecule has 0 fully saturated rings. The Hall–Kier alpha value is -2.08. The van der Waals surface area contributed by atoms with Gasteiger partial charge in [-0.05, 0) is 23.8 Å². The maximum absolute atomic E-state index is 10.7. The first-order valence-electron chi connectivity index (χ1n) is 5.12. The molecule has 0 atom stereocenters. The van der Waals surface area contributed by atoms with Crippen LogP contribution in [0.1, 0.15) is 5.56 Å². The first-order chi connectivity index (χ1) is 8.29. The van der Waals surface area contributed by atoms with Crippen molar-refractivity contribution in [3.63, 3.8) is 0 Å². The highest BCUT2D eigenvalue weighted by Gasteiger charge is 2.10. The third kappa shape index (κ3) is 2.94. The van der Waals surface area contributed by atoms with Crippen molar-refractivity contribution in [2.24, 2.45) is 5.10 Å². The van der Waals surface area contributed by atoms with E-state index >= 15 is 0 Å². The molecule has 1 aromatic rings. The Morgan fingerprint density at radius 3 is 2.94 bits per heavy atom. The van der Waals surface area contributed by atoms with Crippen molar-refractivity contribution in [2.45, 2.75) is 0 Å². The van der Waals surface area contributed by atoms with Gasteiger partial charge in [0, 0.05) is 0 Å². The number of nitrogens with zero attached hydrogens (tertiary/aromatic N) is 1. The van der Waals surface area contributed by atoms with Crippen LogP contribution in [0.25, 0.3) is 0 Å². The molecule has 0 unspecified atom stereocenters. The van der Waals surface area contributed by atoms with Crippen LogP contribution >= 0.6 is 0 Å². The standard InChI is InChI=1S/C11H12N2O4/c14-7-11(15)13-12-6-8-1-2-9-10(5-8)17-4-3-16-9/h1-2,5-6,14H,3-4,7H2,(H,13,15). The van der Waals surface area contributed by atoms with Crippen molar-refractivity contribution in [3.05, 3.63) is 23.8 Å². The lowest BCUT2D eigenvalue weighted by Gasteiger charge is -2.18. The van der Waals surface area contributed by atoms with Gasteiger partial charge < -0.3 is 14.6 Å². The number of ether oxygens (including phenoxy) is 2. The minimum atomic E-state index is -0.585. The van der Waals surface area contributed by atoms with Gasteiger partial charge in [-0.3, -0.25) is 4.79 Å². The zero-order valence-electron chi connectivity index (χ0n) is 9.05. The number of amides is 1. The second-order valence-corrected chi connectivity index (χ2v) is 3.35. The molecule has 1 amide bonds. The highest BCUT2D eigenvalue weighted by atomic mass is 16.6. The molecule has 90 valence electrons. The van der Waals surface area contributed by atoms with E-state index in [1.807, 2.05) is 0 Å². The van der Waals surface area contributed by atoms with E-state index in [2.05, 4.69) is 10.5 Å². The quantitative estimate of drug-likeness (QED) is 0.567. The van der Waals surface area contributed by atoms with Crippen LogP contribution in [0, 0.1) is 0 Å². The SMILES string of the molecule is O=C(CO)NN=Cc1ccc2c(c1)OCCO2. The average molecular weight is 236 g/mol. The van der Waals surface area contributed by atoms with Crippen molar-refractivity contribution in [1.29, 1.82) is 0 Å². The van der Waals surface area contributed by atoms with Crippen molar-refractivity contribution < 1.29 is 19.4 Å². The minimum absolute atomic E-state index is 0.523. The predicted molar refractivity (Wildman–Crippen MR) is 60.3 cm³/mol. The number of aliphatic hydroxyl groups excluding tert-OH is 1. The van der Waals surface area contributed by atoms with Crippen LogP contribution in [0.4, 0.5) is 0 Å². The lowest BCUT2D eigenvalue weighted by molar-refractivity contribution is -0.123. The number of rotatable bonds is 3. The van der Waals surface area contributed by atoms with Gasteiger partial charge in [0.2, 0.25) is 0 Å². The van der Waals surface area contributed by atoms with E-state index in [0.29, 0.717) is 24.7 Å². The summed E-state index contributed by atoms with van der Waals surface area (Å²) in [7, 11) is 0. The van der Waals surface area contributed by atoms with Crippen molar-refractivity contribution in [1.82, 2.24) is 5.43 Å². The maximum Gasteiger partial charge on any atom is 0.265 e. The van der Waals surface area contributed by atoms with E-state index in [4.69, 9.17) is 14.6 Å². The van der Waals surface area contributed by atoms with Gasteiger partial charge in [-0.25, -0.2) is 5.43 Å². The predicted octanol–water partition coefficient (Wildman–Crippen LogP) is -0.0998. The maximum atomic E-state index is 10.7. The molecule has 1 heterocycles. The Morgan fingerprint density at radius 1 is 1.41 bits per heavy atom. The van der Waals surface area contributed by atoms with E-state index in [9.17, 15) is 4.79 Å². The molecule has 0 radical (unpaired) electrons. The summed E-state index contributed by atoms with van der Waals surface area (Å²) in [6.45, 7) is 0.486. The monoisotopic (exact) mass is 236 g/mol. The van der Waals surface area contributed by atoms with Crippen molar-refractivity contribution >= 4 is 12.1 Å². The van der Waals surface area contributed by atoms with Crippen LogP contribution < -0.4 is 14.9 Å². The number of carbonyl (C=O) groups is 1. The molecule has 0 aliphatic carbocycles. The summed E-state index contributed by atoms with van der Waals surface area (Å²) < 4.78 is 10.8. The molecule has 2 rings (SSSR count). The Balaban J connectivity index is 2.04. The van der Waals surface area contributed by atoms with Crippen LogP contribution in [0.3, 0.4) is 0 Å². The summed E-state index contributed by atoms with van der Waals surface area (Å²) in [4.78, 5) is 10.7. The number of fused-ring (bicyclic) bond motifs is 1. The van der Waals surface area contributed by atoms with Crippen molar-refractivity contribution in [3.8, 4) is 11.5 Å². The molecule has 0 saturated heterocycles. The largest absolute Gasteiger partial charge is 0.486 e. The van der Waals surface area contributed by atoms with Gasteiger partial charge in [-0.1, -0.05) is 0 Å². The summed E-state index contributed by atoms with van der Waals surface area (Å²) >= 11 is 0. The minimum Gasteiger partial charge on any atom is -0.486 e. The summed E-state index contributed by atoms with van der Waals surface area (Å²) in [6.07, 6.45) is 1.46. The molecule has 6 nitrogen and oxygen atoms in total. The van der Waals surface area contributed by atoms with E-state index in [0.717, 1.165) is 5.56 Å².